The van der Waals surface area contributed by atoms with E-state index in [2.05, 4.69) is 0 Å². The lowest BCUT2D eigenvalue weighted by Crippen LogP contribution is -2.62. The topological polar surface area (TPSA) is 75.6 Å². The first kappa shape index (κ1) is 18.7. The maximum Gasteiger partial charge on any atom is 0.169 e. The molecule has 6 atom stereocenters. The molecular formula is C20H32O7. The number of hydrogen-bond donors (Lipinski definition) is 1. The van der Waals surface area contributed by atoms with Gasteiger partial charge in [0.1, 0.15) is 43.4 Å². The fourth-order valence-electron chi connectivity index (χ4n) is 5.72. The molecule has 0 amide bonds. The molecule has 1 N–H and O–H groups in total. The average molecular weight is 384 g/mol. The van der Waals surface area contributed by atoms with Crippen molar-refractivity contribution >= 4 is 0 Å². The van der Waals surface area contributed by atoms with Gasteiger partial charge in [-0.15, -0.1) is 0 Å². The third-order valence-corrected chi connectivity index (χ3v) is 6.98. The SMILES string of the molecule is COCO[C@H]1[C@H](O)[C@@H]2OC3(CCCCC3)O[C@@H]2[C@H]2OC3(CCCCC3)O[C@@H]21. The molecule has 0 aromatic carbocycles. The Labute approximate surface area is 160 Å². The molecule has 5 fully saturated rings. The van der Waals surface area contributed by atoms with Crippen LogP contribution >= 0.6 is 0 Å². The summed E-state index contributed by atoms with van der Waals surface area (Å²) in [6.07, 6.45) is 7.55. The highest BCUT2D eigenvalue weighted by Gasteiger charge is 2.66. The fraction of sp³-hybridized carbons (Fsp3) is 1.00. The van der Waals surface area contributed by atoms with Gasteiger partial charge in [-0.3, -0.25) is 0 Å². The van der Waals surface area contributed by atoms with Crippen LogP contribution in [-0.2, 0) is 28.4 Å². The van der Waals surface area contributed by atoms with Gasteiger partial charge in [-0.2, -0.15) is 0 Å². The molecule has 0 aromatic rings. The summed E-state index contributed by atoms with van der Waals surface area (Å²) in [6, 6.07) is 0. The van der Waals surface area contributed by atoms with Crippen LogP contribution in [0.3, 0.4) is 0 Å². The number of aliphatic hydroxyl groups excluding tert-OH is 1. The number of aliphatic hydroxyl groups is 1. The lowest BCUT2D eigenvalue weighted by molar-refractivity contribution is -0.232. The molecule has 5 aliphatic rings. The molecule has 2 saturated heterocycles. The van der Waals surface area contributed by atoms with Crippen LogP contribution in [0.2, 0.25) is 0 Å². The first-order valence-electron chi connectivity index (χ1n) is 10.7. The molecule has 7 nitrogen and oxygen atoms in total. The fourth-order valence-corrected chi connectivity index (χ4v) is 5.72. The first-order valence-corrected chi connectivity index (χ1v) is 10.7. The summed E-state index contributed by atoms with van der Waals surface area (Å²) in [7, 11) is 1.58. The van der Waals surface area contributed by atoms with Crippen molar-refractivity contribution < 1.29 is 33.5 Å². The lowest BCUT2D eigenvalue weighted by atomic mass is 9.85. The molecule has 2 heterocycles. The van der Waals surface area contributed by atoms with E-state index < -0.39 is 29.9 Å². The highest BCUT2D eigenvalue weighted by molar-refractivity contribution is 5.10. The van der Waals surface area contributed by atoms with Crippen LogP contribution in [0.25, 0.3) is 0 Å². The summed E-state index contributed by atoms with van der Waals surface area (Å²) in [5.41, 5.74) is 0. The Morgan fingerprint density at radius 3 is 1.78 bits per heavy atom. The van der Waals surface area contributed by atoms with Crippen LogP contribution in [0.5, 0.6) is 0 Å². The Bertz CT molecular complexity index is 516. The van der Waals surface area contributed by atoms with Gasteiger partial charge in [0.15, 0.2) is 11.6 Å². The molecule has 2 spiro atoms. The second-order valence-electron chi connectivity index (χ2n) is 8.80. The van der Waals surface area contributed by atoms with Crippen LogP contribution in [-0.4, -0.2) is 67.2 Å². The van der Waals surface area contributed by atoms with Crippen LogP contribution in [0.4, 0.5) is 0 Å². The second kappa shape index (κ2) is 7.20. The molecule has 0 unspecified atom stereocenters. The van der Waals surface area contributed by atoms with Crippen molar-refractivity contribution in [3.8, 4) is 0 Å². The van der Waals surface area contributed by atoms with E-state index in [-0.39, 0.29) is 25.1 Å². The van der Waals surface area contributed by atoms with Gasteiger partial charge in [-0.05, 0) is 25.7 Å². The monoisotopic (exact) mass is 384 g/mol. The zero-order valence-corrected chi connectivity index (χ0v) is 16.1. The van der Waals surface area contributed by atoms with Crippen molar-refractivity contribution in [3.05, 3.63) is 0 Å². The molecule has 3 aliphatic carbocycles. The van der Waals surface area contributed by atoms with E-state index in [9.17, 15) is 5.11 Å². The van der Waals surface area contributed by atoms with E-state index in [0.29, 0.717) is 0 Å². The van der Waals surface area contributed by atoms with Gasteiger partial charge in [0.25, 0.3) is 0 Å². The summed E-state index contributed by atoms with van der Waals surface area (Å²) in [4.78, 5) is 0. The Hall–Kier alpha value is -0.280. The third kappa shape index (κ3) is 3.16. The maximum atomic E-state index is 11.1. The minimum Gasteiger partial charge on any atom is -0.387 e. The van der Waals surface area contributed by atoms with Gasteiger partial charge in [-0.1, -0.05) is 12.8 Å². The van der Waals surface area contributed by atoms with Gasteiger partial charge in [0.05, 0.1) is 0 Å². The summed E-state index contributed by atoms with van der Waals surface area (Å²) >= 11 is 0. The molecule has 2 aliphatic heterocycles. The second-order valence-corrected chi connectivity index (χ2v) is 8.80. The van der Waals surface area contributed by atoms with E-state index in [1.807, 2.05) is 0 Å². The van der Waals surface area contributed by atoms with Gasteiger partial charge >= 0.3 is 0 Å². The van der Waals surface area contributed by atoms with Crippen molar-refractivity contribution in [1.82, 2.24) is 0 Å². The van der Waals surface area contributed by atoms with Gasteiger partial charge in [-0.25, -0.2) is 0 Å². The predicted octanol–water partition coefficient (Wildman–Crippen LogP) is 2.24. The molecule has 5 rings (SSSR count). The van der Waals surface area contributed by atoms with Crippen LogP contribution in [0.1, 0.15) is 64.2 Å². The maximum absolute atomic E-state index is 11.1. The van der Waals surface area contributed by atoms with Gasteiger partial charge in [0, 0.05) is 32.8 Å². The molecule has 154 valence electrons. The molecule has 7 heteroatoms. The molecule has 0 bridgehead atoms. The van der Waals surface area contributed by atoms with Gasteiger partial charge in [0.2, 0.25) is 0 Å². The number of methoxy groups -OCH3 is 1. The molecule has 0 radical (unpaired) electrons. The van der Waals surface area contributed by atoms with Crippen molar-refractivity contribution in [3.63, 3.8) is 0 Å². The van der Waals surface area contributed by atoms with E-state index in [4.69, 9.17) is 28.4 Å². The van der Waals surface area contributed by atoms with Crippen molar-refractivity contribution in [2.45, 2.75) is 112 Å². The number of ether oxygens (including phenoxy) is 6. The predicted molar refractivity (Wildman–Crippen MR) is 93.9 cm³/mol. The minimum absolute atomic E-state index is 0.102. The van der Waals surface area contributed by atoms with Crippen molar-refractivity contribution in [2.24, 2.45) is 0 Å². The van der Waals surface area contributed by atoms with Gasteiger partial charge < -0.3 is 33.5 Å². The van der Waals surface area contributed by atoms with Crippen LogP contribution in [0.15, 0.2) is 0 Å². The number of hydrogen-bond acceptors (Lipinski definition) is 7. The average Bonchev–Trinajstić information content (AvgIpc) is 3.22. The van der Waals surface area contributed by atoms with E-state index >= 15 is 0 Å². The normalized spacial score (nSPS) is 45.1. The molecule has 0 aromatic heterocycles. The highest BCUT2D eigenvalue weighted by Crippen LogP contribution is 2.51. The zero-order chi connectivity index (χ0) is 18.5. The molecule has 27 heavy (non-hydrogen) atoms. The number of fused-ring (bicyclic) bond motifs is 3. The van der Waals surface area contributed by atoms with E-state index in [1.54, 1.807) is 7.11 Å². The quantitative estimate of drug-likeness (QED) is 0.748. The largest absolute Gasteiger partial charge is 0.387 e. The van der Waals surface area contributed by atoms with E-state index in [0.717, 1.165) is 51.4 Å². The summed E-state index contributed by atoms with van der Waals surface area (Å²) in [5.74, 6) is -1.15. The third-order valence-electron chi connectivity index (χ3n) is 6.98. The highest BCUT2D eigenvalue weighted by atomic mass is 16.8. The summed E-state index contributed by atoms with van der Waals surface area (Å²) in [5, 5.41) is 11.1. The zero-order valence-electron chi connectivity index (χ0n) is 16.1. The Morgan fingerprint density at radius 1 is 0.741 bits per heavy atom. The van der Waals surface area contributed by atoms with Crippen molar-refractivity contribution in [2.75, 3.05) is 13.9 Å². The minimum atomic E-state index is -0.824. The smallest absolute Gasteiger partial charge is 0.169 e. The molecule has 3 saturated carbocycles. The van der Waals surface area contributed by atoms with E-state index in [1.165, 1.54) is 12.8 Å². The number of rotatable bonds is 3. The first-order chi connectivity index (χ1) is 13.2. The Morgan fingerprint density at radius 2 is 1.22 bits per heavy atom. The van der Waals surface area contributed by atoms with Crippen LogP contribution in [0, 0.1) is 0 Å². The standard InChI is InChI=1S/C20H32O7/c1-22-12-23-14-13(21)15-17(26-19(24-15)8-4-2-5-9-19)18-16(14)25-20(27-18)10-6-3-7-11-20/h13-18,21H,2-12H2,1H3/t13-,14-,15-,16+,17-,18-/m0/s1. The molecular weight excluding hydrogens is 352 g/mol. The van der Waals surface area contributed by atoms with Crippen LogP contribution < -0.4 is 0 Å². The Balaban J connectivity index is 1.42. The summed E-state index contributed by atoms with van der Waals surface area (Å²) < 4.78 is 36.8. The van der Waals surface area contributed by atoms with Crippen molar-refractivity contribution in [1.29, 1.82) is 0 Å². The Kier molecular flexibility index (Phi) is 4.99. The lowest BCUT2D eigenvalue weighted by Gasteiger charge is -2.40. The summed E-state index contributed by atoms with van der Waals surface area (Å²) in [6.45, 7) is 0.102.